The van der Waals surface area contributed by atoms with Crippen LogP contribution in [0.4, 0.5) is 4.39 Å². The summed E-state index contributed by atoms with van der Waals surface area (Å²) in [7, 11) is 0. The highest BCUT2D eigenvalue weighted by Gasteiger charge is 2.28. The largest absolute Gasteiger partial charge is 0.205 e. The number of benzene rings is 1. The summed E-state index contributed by atoms with van der Waals surface area (Å²) in [5, 5.41) is 8.95. The van der Waals surface area contributed by atoms with Crippen LogP contribution in [0.2, 0.25) is 0 Å². The normalized spacial score (nSPS) is 15.2. The minimum Gasteiger partial charge on any atom is -0.205 e. The van der Waals surface area contributed by atoms with E-state index in [2.05, 4.69) is 0 Å². The van der Waals surface area contributed by atoms with Crippen LogP contribution in [0.25, 0.3) is 0 Å². The lowest BCUT2D eigenvalue weighted by Gasteiger charge is -2.16. The van der Waals surface area contributed by atoms with E-state index in [0.29, 0.717) is 5.92 Å². The van der Waals surface area contributed by atoms with Crippen molar-refractivity contribution in [3.8, 4) is 6.07 Å². The molecule has 16 heavy (non-hydrogen) atoms. The van der Waals surface area contributed by atoms with E-state index in [9.17, 15) is 4.39 Å². The predicted molar refractivity (Wildman–Crippen MR) is 61.9 cm³/mol. The van der Waals surface area contributed by atoms with Crippen molar-refractivity contribution < 1.29 is 4.39 Å². The van der Waals surface area contributed by atoms with Gasteiger partial charge in [0.25, 0.3) is 0 Å². The Bertz CT molecular complexity index is 465. The molecule has 0 aromatic heterocycles. The number of nitriles is 1. The lowest BCUT2D eigenvalue weighted by atomic mass is 9.89. The maximum absolute atomic E-state index is 14.0. The van der Waals surface area contributed by atoms with Crippen molar-refractivity contribution in [3.05, 3.63) is 34.1 Å². The van der Waals surface area contributed by atoms with Crippen LogP contribution in [-0.4, -0.2) is 0 Å². The highest BCUT2D eigenvalue weighted by molar-refractivity contribution is 5.48. The molecular weight excluding hydrogens is 201 g/mol. The third-order valence-electron chi connectivity index (χ3n) is 3.32. The first-order valence-corrected chi connectivity index (χ1v) is 5.79. The molecule has 0 radical (unpaired) electrons. The van der Waals surface area contributed by atoms with Crippen molar-refractivity contribution in [1.82, 2.24) is 0 Å². The van der Waals surface area contributed by atoms with Crippen LogP contribution in [0, 0.1) is 24.1 Å². The molecule has 0 saturated heterocycles. The van der Waals surface area contributed by atoms with Crippen molar-refractivity contribution in [2.24, 2.45) is 0 Å². The lowest BCUT2D eigenvalue weighted by molar-refractivity contribution is 0.590. The number of rotatable bonds is 2. The second-order valence-electron chi connectivity index (χ2n) is 4.91. The fraction of sp³-hybridized carbons (Fsp3) is 0.500. The maximum atomic E-state index is 14.0. The van der Waals surface area contributed by atoms with Crippen LogP contribution in [-0.2, 0) is 0 Å². The van der Waals surface area contributed by atoms with Gasteiger partial charge in [-0.15, -0.1) is 0 Å². The topological polar surface area (TPSA) is 23.8 Å². The zero-order valence-corrected chi connectivity index (χ0v) is 9.97. The van der Waals surface area contributed by atoms with Crippen LogP contribution < -0.4 is 0 Å². The van der Waals surface area contributed by atoms with Gasteiger partial charge in [0.05, 0.1) is 5.56 Å². The van der Waals surface area contributed by atoms with E-state index in [0.717, 1.165) is 11.1 Å². The number of hydrogen-bond donors (Lipinski definition) is 0. The van der Waals surface area contributed by atoms with Gasteiger partial charge in [-0.3, -0.25) is 0 Å². The molecular formula is C14H16FN. The van der Waals surface area contributed by atoms with E-state index in [4.69, 9.17) is 5.26 Å². The smallest absolute Gasteiger partial charge is 0.144 e. The Hall–Kier alpha value is -1.36. The van der Waals surface area contributed by atoms with Gasteiger partial charge in [0.2, 0.25) is 0 Å². The molecule has 1 aromatic rings. The molecule has 1 nitrogen and oxygen atoms in total. The number of hydrogen-bond acceptors (Lipinski definition) is 1. The monoisotopic (exact) mass is 217 g/mol. The van der Waals surface area contributed by atoms with Gasteiger partial charge < -0.3 is 0 Å². The number of halogens is 1. The van der Waals surface area contributed by atoms with Crippen LogP contribution in [0.3, 0.4) is 0 Å². The van der Waals surface area contributed by atoms with Crippen LogP contribution in [0.15, 0.2) is 6.07 Å². The first-order chi connectivity index (χ1) is 7.56. The molecule has 0 unspecified atom stereocenters. The first kappa shape index (κ1) is 11.1. The van der Waals surface area contributed by atoms with E-state index < -0.39 is 0 Å². The summed E-state index contributed by atoms with van der Waals surface area (Å²) in [5.41, 5.74) is 3.16. The Labute approximate surface area is 95.9 Å². The van der Waals surface area contributed by atoms with Gasteiger partial charge in [0, 0.05) is 0 Å². The molecule has 0 spiro atoms. The summed E-state index contributed by atoms with van der Waals surface area (Å²) in [4.78, 5) is 0. The third-order valence-corrected chi connectivity index (χ3v) is 3.32. The molecule has 0 bridgehead atoms. The van der Waals surface area contributed by atoms with Gasteiger partial charge in [0.15, 0.2) is 0 Å². The van der Waals surface area contributed by atoms with Crippen molar-refractivity contribution >= 4 is 0 Å². The van der Waals surface area contributed by atoms with Crippen LogP contribution in [0.5, 0.6) is 0 Å². The Morgan fingerprint density at radius 2 is 2.06 bits per heavy atom. The molecule has 1 aliphatic carbocycles. The fourth-order valence-electron chi connectivity index (χ4n) is 2.38. The maximum Gasteiger partial charge on any atom is 0.144 e. The first-order valence-electron chi connectivity index (χ1n) is 5.79. The fourth-order valence-corrected chi connectivity index (χ4v) is 2.38. The molecule has 0 atom stereocenters. The third kappa shape index (κ3) is 1.71. The Morgan fingerprint density at radius 3 is 2.50 bits per heavy atom. The van der Waals surface area contributed by atoms with E-state index in [-0.39, 0.29) is 17.3 Å². The van der Waals surface area contributed by atoms with Crippen molar-refractivity contribution in [2.45, 2.75) is 45.4 Å². The minimum atomic E-state index is -0.320. The Morgan fingerprint density at radius 1 is 1.44 bits per heavy atom. The zero-order valence-electron chi connectivity index (χ0n) is 9.97. The van der Waals surface area contributed by atoms with Gasteiger partial charge in [-0.1, -0.05) is 13.8 Å². The highest BCUT2D eigenvalue weighted by atomic mass is 19.1. The molecule has 1 aromatic carbocycles. The average Bonchev–Trinajstić information content (AvgIpc) is 3.01. The average molecular weight is 217 g/mol. The summed E-state index contributed by atoms with van der Waals surface area (Å²) in [6.07, 6.45) is 2.35. The predicted octanol–water partition coefficient (Wildman–Crippen LogP) is 4.01. The van der Waals surface area contributed by atoms with E-state index in [1.54, 1.807) is 6.07 Å². The van der Waals surface area contributed by atoms with Crippen LogP contribution in [0.1, 0.15) is 60.8 Å². The SMILES string of the molecule is Cc1c(C2CC2)cc(C#N)c(F)c1C(C)C. The summed E-state index contributed by atoms with van der Waals surface area (Å²) >= 11 is 0. The standard InChI is InChI=1S/C14H16FN/c1-8(2)13-9(3)12(10-4-5-10)6-11(7-16)14(13)15/h6,8,10H,4-5H2,1-3H3. The molecule has 0 amide bonds. The zero-order chi connectivity index (χ0) is 11.9. The van der Waals surface area contributed by atoms with Gasteiger partial charge in [-0.05, 0) is 54.4 Å². The van der Waals surface area contributed by atoms with Crippen molar-refractivity contribution in [3.63, 3.8) is 0 Å². The second-order valence-corrected chi connectivity index (χ2v) is 4.91. The van der Waals surface area contributed by atoms with Gasteiger partial charge >= 0.3 is 0 Å². The Balaban J connectivity index is 2.66. The molecule has 0 aliphatic heterocycles. The summed E-state index contributed by atoms with van der Waals surface area (Å²) < 4.78 is 14.0. The van der Waals surface area contributed by atoms with Crippen molar-refractivity contribution in [2.75, 3.05) is 0 Å². The van der Waals surface area contributed by atoms with E-state index in [1.165, 1.54) is 18.4 Å². The number of nitrogens with zero attached hydrogens (tertiary/aromatic N) is 1. The molecule has 0 heterocycles. The molecule has 0 N–H and O–H groups in total. The summed E-state index contributed by atoms with van der Waals surface area (Å²) in [6.45, 7) is 5.93. The van der Waals surface area contributed by atoms with Crippen molar-refractivity contribution in [1.29, 1.82) is 5.26 Å². The van der Waals surface area contributed by atoms with Crippen LogP contribution >= 0.6 is 0 Å². The lowest BCUT2D eigenvalue weighted by Crippen LogP contribution is -2.04. The van der Waals surface area contributed by atoms with Gasteiger partial charge in [-0.25, -0.2) is 4.39 Å². The molecule has 1 aliphatic rings. The van der Waals surface area contributed by atoms with Gasteiger partial charge in [0.1, 0.15) is 11.9 Å². The van der Waals surface area contributed by atoms with E-state index in [1.807, 2.05) is 26.8 Å². The molecule has 2 heteroatoms. The van der Waals surface area contributed by atoms with E-state index >= 15 is 0 Å². The molecule has 1 saturated carbocycles. The second kappa shape index (κ2) is 3.90. The quantitative estimate of drug-likeness (QED) is 0.734. The summed E-state index contributed by atoms with van der Waals surface area (Å²) in [5.74, 6) is 0.371. The highest BCUT2D eigenvalue weighted by Crippen LogP contribution is 2.44. The molecule has 1 fully saturated rings. The minimum absolute atomic E-state index is 0.130. The Kier molecular flexibility index (Phi) is 2.71. The summed E-state index contributed by atoms with van der Waals surface area (Å²) in [6, 6.07) is 3.71. The molecule has 84 valence electrons. The molecule has 2 rings (SSSR count). The van der Waals surface area contributed by atoms with Gasteiger partial charge in [-0.2, -0.15) is 5.26 Å².